The van der Waals surface area contributed by atoms with Gasteiger partial charge in [-0.25, -0.2) is 9.50 Å². The summed E-state index contributed by atoms with van der Waals surface area (Å²) in [6, 6.07) is 14.7. The van der Waals surface area contributed by atoms with E-state index in [0.29, 0.717) is 0 Å². The first-order chi connectivity index (χ1) is 18.2. The maximum absolute atomic E-state index is 4.78. The summed E-state index contributed by atoms with van der Waals surface area (Å²) >= 11 is 0. The van der Waals surface area contributed by atoms with E-state index in [1.54, 1.807) is 0 Å². The van der Waals surface area contributed by atoms with Crippen LogP contribution in [0.1, 0.15) is 36.9 Å². The summed E-state index contributed by atoms with van der Waals surface area (Å²) in [6.45, 7) is 11.7. The zero-order valence-electron chi connectivity index (χ0n) is 21.6. The molecule has 1 aliphatic rings. The fourth-order valence-corrected chi connectivity index (χ4v) is 5.12. The Kier molecular flexibility index (Phi) is 7.66. The van der Waals surface area contributed by atoms with E-state index in [2.05, 4.69) is 52.4 Å². The predicted molar refractivity (Wildman–Crippen MR) is 152 cm³/mol. The van der Waals surface area contributed by atoms with E-state index < -0.39 is 0 Å². The van der Waals surface area contributed by atoms with Crippen LogP contribution in [0.25, 0.3) is 38.9 Å². The lowest BCUT2D eigenvalue weighted by molar-refractivity contribution is 0.226. The van der Waals surface area contributed by atoms with Crippen molar-refractivity contribution >= 4 is 16.6 Å². The number of likely N-dealkylation sites (tertiary alicyclic amines) is 1. The average Bonchev–Trinajstić information content (AvgIpc) is 3.38. The summed E-state index contributed by atoms with van der Waals surface area (Å²) in [4.78, 5) is 16.8. The molecule has 1 aliphatic heterocycles. The van der Waals surface area contributed by atoms with Gasteiger partial charge in [-0.3, -0.25) is 9.97 Å². The molecule has 4 aromatic heterocycles. The molecule has 0 bridgehead atoms. The molecule has 37 heavy (non-hydrogen) atoms. The van der Waals surface area contributed by atoms with Crippen molar-refractivity contribution in [3.63, 3.8) is 0 Å². The van der Waals surface area contributed by atoms with E-state index in [1.165, 1.54) is 50.9 Å². The lowest BCUT2D eigenvalue weighted by Gasteiger charge is -2.26. The zero-order chi connectivity index (χ0) is 25.6. The van der Waals surface area contributed by atoms with Crippen molar-refractivity contribution in [1.29, 1.82) is 0 Å². The SMILES string of the molecule is C=C.Cc1ccc2c(-c3cnn4cc(-c5ccc(CCCN6CCCCC6)cn5)cnc34)cccc2n1. The van der Waals surface area contributed by atoms with Crippen LogP contribution in [-0.2, 0) is 6.42 Å². The number of aryl methyl sites for hydroxylation is 2. The monoisotopic (exact) mass is 490 g/mol. The van der Waals surface area contributed by atoms with E-state index in [9.17, 15) is 0 Å². The highest BCUT2D eigenvalue weighted by molar-refractivity contribution is 5.98. The minimum absolute atomic E-state index is 0.830. The number of nitrogens with zero attached hydrogens (tertiary/aromatic N) is 6. The third-order valence-corrected chi connectivity index (χ3v) is 7.03. The summed E-state index contributed by atoms with van der Waals surface area (Å²) in [5.74, 6) is 0. The Balaban J connectivity index is 0.00000137. The van der Waals surface area contributed by atoms with Gasteiger partial charge >= 0.3 is 0 Å². The summed E-state index contributed by atoms with van der Waals surface area (Å²) in [7, 11) is 0. The number of fused-ring (bicyclic) bond motifs is 2. The van der Waals surface area contributed by atoms with Crippen LogP contribution in [0.3, 0.4) is 0 Å². The van der Waals surface area contributed by atoms with Crippen molar-refractivity contribution in [1.82, 2.24) is 29.5 Å². The van der Waals surface area contributed by atoms with E-state index in [4.69, 9.17) is 9.97 Å². The molecule has 1 saturated heterocycles. The van der Waals surface area contributed by atoms with E-state index in [0.717, 1.165) is 51.0 Å². The number of piperidine rings is 1. The van der Waals surface area contributed by atoms with Crippen LogP contribution in [0, 0.1) is 6.92 Å². The van der Waals surface area contributed by atoms with Crippen molar-refractivity contribution < 1.29 is 0 Å². The highest BCUT2D eigenvalue weighted by atomic mass is 15.2. The summed E-state index contributed by atoms with van der Waals surface area (Å²) in [6.07, 6.45) is 14.2. The Morgan fingerprint density at radius 2 is 1.73 bits per heavy atom. The first-order valence-corrected chi connectivity index (χ1v) is 13.1. The standard InChI is InChI=1S/C29H30N6.C2H4/c1-21-10-12-25-24(8-5-9-28(25)33-21)26-19-32-35-20-23(18-31-29(26)35)27-13-11-22(17-30-27)7-6-16-34-14-3-2-4-15-34;1-2/h5,8-13,17-20H,2-4,6-7,14-16H2,1H3;1-2H2. The molecule has 188 valence electrons. The first-order valence-electron chi connectivity index (χ1n) is 13.1. The fraction of sp³-hybridized carbons (Fsp3) is 0.290. The van der Waals surface area contributed by atoms with E-state index in [1.807, 2.05) is 54.4 Å². The van der Waals surface area contributed by atoms with Crippen molar-refractivity contribution in [3.8, 4) is 22.4 Å². The van der Waals surface area contributed by atoms with Crippen LogP contribution >= 0.6 is 0 Å². The van der Waals surface area contributed by atoms with E-state index in [-0.39, 0.29) is 0 Å². The van der Waals surface area contributed by atoms with Gasteiger partial charge in [-0.05, 0) is 81.6 Å². The Bertz CT molecular complexity index is 1480. The van der Waals surface area contributed by atoms with Gasteiger partial charge in [0.05, 0.1) is 17.4 Å². The molecule has 5 heterocycles. The summed E-state index contributed by atoms with van der Waals surface area (Å²) in [5.41, 5.74) is 8.10. The number of aromatic nitrogens is 5. The van der Waals surface area contributed by atoms with Gasteiger partial charge in [0, 0.05) is 40.8 Å². The summed E-state index contributed by atoms with van der Waals surface area (Å²) < 4.78 is 1.85. The van der Waals surface area contributed by atoms with Crippen LogP contribution in [-0.4, -0.2) is 49.1 Å². The third-order valence-electron chi connectivity index (χ3n) is 7.03. The number of rotatable bonds is 6. The molecule has 6 nitrogen and oxygen atoms in total. The molecular weight excluding hydrogens is 456 g/mol. The Hall–Kier alpha value is -3.90. The molecule has 6 rings (SSSR count). The van der Waals surface area contributed by atoms with Gasteiger partial charge in [-0.2, -0.15) is 5.10 Å². The van der Waals surface area contributed by atoms with Gasteiger partial charge in [0.1, 0.15) is 0 Å². The Labute approximate surface area is 218 Å². The molecule has 0 unspecified atom stereocenters. The average molecular weight is 491 g/mol. The third kappa shape index (κ3) is 5.44. The molecule has 1 fully saturated rings. The highest BCUT2D eigenvalue weighted by Gasteiger charge is 2.13. The van der Waals surface area contributed by atoms with Gasteiger partial charge in [-0.1, -0.05) is 30.7 Å². The molecule has 0 atom stereocenters. The number of benzene rings is 1. The molecule has 0 N–H and O–H groups in total. The molecule has 5 aromatic rings. The van der Waals surface area contributed by atoms with Crippen molar-refractivity contribution in [2.75, 3.05) is 19.6 Å². The van der Waals surface area contributed by atoms with Crippen LogP contribution in [0.15, 0.2) is 80.4 Å². The van der Waals surface area contributed by atoms with Gasteiger partial charge in [0.15, 0.2) is 5.65 Å². The second-order valence-corrected chi connectivity index (χ2v) is 9.55. The number of pyridine rings is 2. The molecule has 0 spiro atoms. The second kappa shape index (κ2) is 11.4. The molecule has 0 saturated carbocycles. The topological polar surface area (TPSA) is 59.2 Å². The molecule has 0 radical (unpaired) electrons. The van der Waals surface area contributed by atoms with E-state index >= 15 is 0 Å². The van der Waals surface area contributed by atoms with Crippen molar-refractivity contribution in [3.05, 3.63) is 91.7 Å². The van der Waals surface area contributed by atoms with Gasteiger partial charge in [0.2, 0.25) is 0 Å². The second-order valence-electron chi connectivity index (χ2n) is 9.55. The maximum Gasteiger partial charge on any atom is 0.162 e. The van der Waals surface area contributed by atoms with Crippen molar-refractivity contribution in [2.45, 2.75) is 39.0 Å². The first kappa shape index (κ1) is 24.8. The predicted octanol–water partition coefficient (Wildman–Crippen LogP) is 6.54. The summed E-state index contributed by atoms with van der Waals surface area (Å²) in [5, 5.41) is 5.72. The lowest BCUT2D eigenvalue weighted by atomic mass is 10.0. The lowest BCUT2D eigenvalue weighted by Crippen LogP contribution is -2.30. The molecule has 1 aromatic carbocycles. The molecular formula is C31H34N6. The quantitative estimate of drug-likeness (QED) is 0.253. The largest absolute Gasteiger partial charge is 0.303 e. The van der Waals surface area contributed by atoms with Crippen LogP contribution in [0.5, 0.6) is 0 Å². The highest BCUT2D eigenvalue weighted by Crippen LogP contribution is 2.31. The minimum Gasteiger partial charge on any atom is -0.303 e. The smallest absolute Gasteiger partial charge is 0.162 e. The van der Waals surface area contributed by atoms with Crippen LogP contribution in [0.4, 0.5) is 0 Å². The van der Waals surface area contributed by atoms with Gasteiger partial charge in [-0.15, -0.1) is 13.2 Å². The van der Waals surface area contributed by atoms with Gasteiger partial charge < -0.3 is 4.90 Å². The normalized spacial score (nSPS) is 14.0. The van der Waals surface area contributed by atoms with Crippen LogP contribution in [0.2, 0.25) is 0 Å². The Morgan fingerprint density at radius 1 is 0.865 bits per heavy atom. The molecule has 0 aliphatic carbocycles. The number of hydrogen-bond acceptors (Lipinski definition) is 5. The zero-order valence-corrected chi connectivity index (χ0v) is 21.6. The fourth-order valence-electron chi connectivity index (χ4n) is 5.12. The van der Waals surface area contributed by atoms with Crippen molar-refractivity contribution in [2.24, 2.45) is 0 Å². The molecule has 0 amide bonds. The Morgan fingerprint density at radius 3 is 2.54 bits per heavy atom. The minimum atomic E-state index is 0.830. The number of hydrogen-bond donors (Lipinski definition) is 0. The van der Waals surface area contributed by atoms with Gasteiger partial charge in [0.25, 0.3) is 0 Å². The maximum atomic E-state index is 4.78. The van der Waals surface area contributed by atoms with Crippen LogP contribution < -0.4 is 0 Å². The molecule has 6 heteroatoms.